The molecule has 1 aliphatic heterocycles. The summed E-state index contributed by atoms with van der Waals surface area (Å²) in [5.41, 5.74) is 5.80. The molecule has 1 aliphatic carbocycles. The van der Waals surface area contributed by atoms with E-state index < -0.39 is 0 Å². The van der Waals surface area contributed by atoms with Crippen molar-refractivity contribution in [2.24, 2.45) is 11.1 Å². The number of rotatable bonds is 2. The van der Waals surface area contributed by atoms with E-state index in [2.05, 4.69) is 18.7 Å². The molecule has 0 radical (unpaired) electrons. The molecule has 1 saturated carbocycles. The van der Waals surface area contributed by atoms with Gasteiger partial charge in [-0.2, -0.15) is 11.8 Å². The van der Waals surface area contributed by atoms with Gasteiger partial charge in [0.1, 0.15) is 0 Å². The lowest BCUT2D eigenvalue weighted by Gasteiger charge is -2.35. The summed E-state index contributed by atoms with van der Waals surface area (Å²) in [6.45, 7) is 6.90. The molecule has 1 saturated heterocycles. The lowest BCUT2D eigenvalue weighted by molar-refractivity contribution is -0.142. The van der Waals surface area contributed by atoms with Gasteiger partial charge in [-0.1, -0.05) is 39.5 Å². The van der Waals surface area contributed by atoms with Gasteiger partial charge < -0.3 is 10.6 Å². The maximum absolute atomic E-state index is 13.1. The van der Waals surface area contributed by atoms with Crippen molar-refractivity contribution >= 4 is 17.7 Å². The molecule has 2 fully saturated rings. The molecule has 20 heavy (non-hydrogen) atoms. The van der Waals surface area contributed by atoms with Crippen LogP contribution in [0.2, 0.25) is 0 Å². The van der Waals surface area contributed by atoms with Gasteiger partial charge in [0.2, 0.25) is 5.91 Å². The summed E-state index contributed by atoms with van der Waals surface area (Å²) in [5, 5.41) is 0. The van der Waals surface area contributed by atoms with Crippen molar-refractivity contribution in [1.29, 1.82) is 0 Å². The Bertz CT molecular complexity index is 335. The Hall–Kier alpha value is -0.220. The summed E-state index contributed by atoms with van der Waals surface area (Å²) >= 11 is 1.99. The summed E-state index contributed by atoms with van der Waals surface area (Å²) in [7, 11) is 0. The van der Waals surface area contributed by atoms with Crippen LogP contribution in [0.5, 0.6) is 0 Å². The van der Waals surface area contributed by atoms with Gasteiger partial charge in [0.15, 0.2) is 0 Å². The lowest BCUT2D eigenvalue weighted by Crippen LogP contribution is -2.48. The van der Waals surface area contributed by atoms with Gasteiger partial charge in [0.05, 0.1) is 5.41 Å². The van der Waals surface area contributed by atoms with E-state index in [1.165, 1.54) is 12.8 Å². The lowest BCUT2D eigenvalue weighted by atomic mass is 9.79. The van der Waals surface area contributed by atoms with Crippen LogP contribution < -0.4 is 5.73 Å². The average molecular weight is 298 g/mol. The van der Waals surface area contributed by atoms with E-state index in [1.807, 2.05) is 11.8 Å². The van der Waals surface area contributed by atoms with Gasteiger partial charge in [-0.3, -0.25) is 4.79 Å². The Balaban J connectivity index is 2.07. The maximum Gasteiger partial charge on any atom is 0.230 e. The Morgan fingerprint density at radius 1 is 1.10 bits per heavy atom. The van der Waals surface area contributed by atoms with Gasteiger partial charge in [-0.25, -0.2) is 0 Å². The molecule has 0 atom stereocenters. The highest BCUT2D eigenvalue weighted by Crippen LogP contribution is 2.38. The molecular formula is C16H30N2OS. The van der Waals surface area contributed by atoms with E-state index in [4.69, 9.17) is 5.73 Å². The Morgan fingerprint density at radius 2 is 1.75 bits per heavy atom. The molecule has 0 spiro atoms. The second kappa shape index (κ2) is 6.69. The third-order valence-corrected chi connectivity index (χ3v) is 6.40. The predicted octanol–water partition coefficient (Wildman–Crippen LogP) is 3.03. The number of nitrogens with two attached hydrogens (primary N) is 1. The molecule has 1 amide bonds. The van der Waals surface area contributed by atoms with Crippen LogP contribution in [0.25, 0.3) is 0 Å². The molecule has 4 heteroatoms. The first-order valence-electron chi connectivity index (χ1n) is 8.13. The average Bonchev–Trinajstić information content (AvgIpc) is 2.76. The first-order valence-corrected chi connectivity index (χ1v) is 9.11. The minimum atomic E-state index is -0.254. The van der Waals surface area contributed by atoms with Crippen molar-refractivity contribution in [2.45, 2.75) is 63.5 Å². The van der Waals surface area contributed by atoms with E-state index in [-0.39, 0.29) is 5.41 Å². The Morgan fingerprint density at radius 3 is 2.35 bits per heavy atom. The van der Waals surface area contributed by atoms with Crippen LogP contribution in [-0.4, -0.2) is 40.9 Å². The standard InChI is InChI=1S/C16H30N2OS/c1-15(2)9-10-18(11-12-20-15)14(19)16(13-17)7-5-3-4-6-8-16/h3-13,17H2,1-2H3. The highest BCUT2D eigenvalue weighted by molar-refractivity contribution is 8.00. The van der Waals surface area contributed by atoms with E-state index in [9.17, 15) is 4.79 Å². The van der Waals surface area contributed by atoms with Crippen molar-refractivity contribution in [2.75, 3.05) is 25.4 Å². The quantitative estimate of drug-likeness (QED) is 0.797. The molecule has 0 unspecified atom stereocenters. The van der Waals surface area contributed by atoms with Crippen LogP contribution in [0.1, 0.15) is 58.8 Å². The van der Waals surface area contributed by atoms with Gasteiger partial charge >= 0.3 is 0 Å². The summed E-state index contributed by atoms with van der Waals surface area (Å²) in [5.74, 6) is 1.40. The zero-order valence-corrected chi connectivity index (χ0v) is 13.9. The summed E-state index contributed by atoms with van der Waals surface area (Å²) < 4.78 is 0.300. The van der Waals surface area contributed by atoms with Gasteiger partial charge in [0.25, 0.3) is 0 Å². The van der Waals surface area contributed by atoms with Crippen LogP contribution in [0.3, 0.4) is 0 Å². The fraction of sp³-hybridized carbons (Fsp3) is 0.938. The SMILES string of the molecule is CC1(C)CCN(C(=O)C2(CN)CCCCCC2)CCS1. The van der Waals surface area contributed by atoms with E-state index >= 15 is 0 Å². The molecule has 2 N–H and O–H groups in total. The third-order valence-electron chi connectivity index (χ3n) is 5.03. The highest BCUT2D eigenvalue weighted by atomic mass is 32.2. The number of carbonyl (C=O) groups excluding carboxylic acids is 1. The number of thioether (sulfide) groups is 1. The Labute approximate surface area is 128 Å². The maximum atomic E-state index is 13.1. The molecular weight excluding hydrogens is 268 g/mol. The first kappa shape index (κ1) is 16.2. The molecule has 3 nitrogen and oxygen atoms in total. The molecule has 1 heterocycles. The van der Waals surface area contributed by atoms with Crippen LogP contribution in [0.4, 0.5) is 0 Å². The number of carbonyl (C=O) groups is 1. The predicted molar refractivity (Wildman–Crippen MR) is 86.9 cm³/mol. The Kier molecular flexibility index (Phi) is 5.41. The van der Waals surface area contributed by atoms with Gasteiger partial charge in [0, 0.05) is 30.1 Å². The molecule has 0 bridgehead atoms. The van der Waals surface area contributed by atoms with Crippen molar-refractivity contribution in [3.05, 3.63) is 0 Å². The first-order chi connectivity index (χ1) is 9.49. The molecule has 0 aromatic heterocycles. The van der Waals surface area contributed by atoms with E-state index in [1.54, 1.807) is 0 Å². The largest absolute Gasteiger partial charge is 0.341 e. The molecule has 2 rings (SSSR count). The molecule has 116 valence electrons. The van der Waals surface area contributed by atoms with Crippen LogP contribution in [-0.2, 0) is 4.79 Å². The number of amides is 1. The van der Waals surface area contributed by atoms with Crippen molar-refractivity contribution < 1.29 is 4.79 Å². The summed E-state index contributed by atoms with van der Waals surface area (Å²) in [4.78, 5) is 15.2. The normalized spacial score (nSPS) is 26.6. The third kappa shape index (κ3) is 3.70. The zero-order chi connectivity index (χ0) is 14.6. The minimum Gasteiger partial charge on any atom is -0.341 e. The number of hydrogen-bond donors (Lipinski definition) is 1. The van der Waals surface area contributed by atoms with Crippen molar-refractivity contribution in [3.63, 3.8) is 0 Å². The highest BCUT2D eigenvalue weighted by Gasteiger charge is 2.40. The zero-order valence-electron chi connectivity index (χ0n) is 13.1. The summed E-state index contributed by atoms with van der Waals surface area (Å²) in [6, 6.07) is 0. The molecule has 2 aliphatic rings. The topological polar surface area (TPSA) is 46.3 Å². The van der Waals surface area contributed by atoms with E-state index in [0.29, 0.717) is 17.2 Å². The molecule has 0 aromatic rings. The molecule has 0 aromatic carbocycles. The van der Waals surface area contributed by atoms with Crippen molar-refractivity contribution in [1.82, 2.24) is 4.90 Å². The van der Waals surface area contributed by atoms with Crippen LogP contribution in [0, 0.1) is 5.41 Å². The second-order valence-electron chi connectivity index (χ2n) is 7.05. The fourth-order valence-corrected chi connectivity index (χ4v) is 4.57. The number of hydrogen-bond acceptors (Lipinski definition) is 3. The fourth-order valence-electron chi connectivity index (χ4n) is 3.47. The van der Waals surface area contributed by atoms with Gasteiger partial charge in [-0.15, -0.1) is 0 Å². The van der Waals surface area contributed by atoms with E-state index in [0.717, 1.165) is 50.9 Å². The monoisotopic (exact) mass is 298 g/mol. The van der Waals surface area contributed by atoms with Crippen LogP contribution >= 0.6 is 11.8 Å². The van der Waals surface area contributed by atoms with Crippen LogP contribution in [0.15, 0.2) is 0 Å². The van der Waals surface area contributed by atoms with Crippen molar-refractivity contribution in [3.8, 4) is 0 Å². The number of nitrogens with zero attached hydrogens (tertiary/aromatic N) is 1. The minimum absolute atomic E-state index is 0.254. The second-order valence-corrected chi connectivity index (χ2v) is 8.85. The van der Waals surface area contributed by atoms with Gasteiger partial charge in [-0.05, 0) is 19.3 Å². The smallest absolute Gasteiger partial charge is 0.230 e. The summed E-state index contributed by atoms with van der Waals surface area (Å²) in [6.07, 6.45) is 7.93.